The highest BCUT2D eigenvalue weighted by Gasteiger charge is 2.24. The lowest BCUT2D eigenvalue weighted by Crippen LogP contribution is -2.13. The Labute approximate surface area is 102 Å². The minimum absolute atomic E-state index is 0.288. The zero-order valence-electron chi connectivity index (χ0n) is 9.09. The van der Waals surface area contributed by atoms with Gasteiger partial charge in [-0.25, -0.2) is 0 Å². The molecule has 3 heteroatoms. The van der Waals surface area contributed by atoms with Crippen molar-refractivity contribution in [1.82, 2.24) is 4.57 Å². The first-order valence-corrected chi connectivity index (χ1v) is 6.28. The smallest absolute Gasteiger partial charge is 0.179 e. The van der Waals surface area contributed by atoms with Gasteiger partial charge < -0.3 is 4.57 Å². The van der Waals surface area contributed by atoms with E-state index in [4.69, 9.17) is 0 Å². The van der Waals surface area contributed by atoms with Crippen molar-refractivity contribution in [2.45, 2.75) is 19.3 Å². The molecule has 0 atom stereocenters. The van der Waals surface area contributed by atoms with Gasteiger partial charge in [0.2, 0.25) is 0 Å². The molecule has 1 aromatic heterocycles. The van der Waals surface area contributed by atoms with E-state index in [0.717, 1.165) is 28.5 Å². The Morgan fingerprint density at radius 2 is 2.12 bits per heavy atom. The quantitative estimate of drug-likeness (QED) is 0.723. The number of halogens is 1. The molecule has 0 saturated heterocycles. The molecule has 0 spiro atoms. The van der Waals surface area contributed by atoms with Gasteiger partial charge in [0.15, 0.2) is 5.78 Å². The number of fused-ring (bicyclic) bond motifs is 3. The van der Waals surface area contributed by atoms with Crippen molar-refractivity contribution in [3.05, 3.63) is 33.9 Å². The van der Waals surface area contributed by atoms with Gasteiger partial charge >= 0.3 is 0 Å². The Hall–Kier alpha value is -1.09. The van der Waals surface area contributed by atoms with Crippen LogP contribution in [-0.2, 0) is 13.5 Å². The molecule has 0 radical (unpaired) electrons. The molecule has 82 valence electrons. The van der Waals surface area contributed by atoms with Crippen LogP contribution in [0.5, 0.6) is 0 Å². The number of benzene rings is 1. The van der Waals surface area contributed by atoms with Crippen LogP contribution >= 0.6 is 15.9 Å². The van der Waals surface area contributed by atoms with Crippen LogP contribution in [-0.4, -0.2) is 10.4 Å². The molecule has 2 aromatic rings. The summed E-state index contributed by atoms with van der Waals surface area (Å²) in [5.74, 6) is 0.288. The van der Waals surface area contributed by atoms with Gasteiger partial charge in [-0.05, 0) is 30.5 Å². The summed E-state index contributed by atoms with van der Waals surface area (Å²) in [4.78, 5) is 11.9. The monoisotopic (exact) mass is 277 g/mol. The third kappa shape index (κ3) is 1.27. The third-order valence-corrected chi connectivity index (χ3v) is 3.86. The van der Waals surface area contributed by atoms with Crippen LogP contribution in [0, 0.1) is 0 Å². The first-order valence-electron chi connectivity index (χ1n) is 5.48. The highest BCUT2D eigenvalue weighted by atomic mass is 79.9. The van der Waals surface area contributed by atoms with Crippen LogP contribution in [0.3, 0.4) is 0 Å². The number of carbonyl (C=O) groups excluding carboxylic acids is 1. The van der Waals surface area contributed by atoms with E-state index >= 15 is 0 Å². The molecule has 0 aliphatic heterocycles. The largest absolute Gasteiger partial charge is 0.341 e. The number of nitrogens with zero attached hydrogens (tertiary/aromatic N) is 1. The van der Waals surface area contributed by atoms with E-state index in [1.807, 2.05) is 17.7 Å². The van der Waals surface area contributed by atoms with Gasteiger partial charge in [-0.3, -0.25) is 4.79 Å². The average molecular weight is 278 g/mol. The summed E-state index contributed by atoms with van der Waals surface area (Å²) in [6.07, 6.45) is 2.71. The third-order valence-electron chi connectivity index (χ3n) is 3.36. The second-order valence-electron chi connectivity index (χ2n) is 4.32. The number of hydrogen-bond acceptors (Lipinski definition) is 1. The fourth-order valence-corrected chi connectivity index (χ4v) is 2.99. The van der Waals surface area contributed by atoms with E-state index in [1.165, 1.54) is 10.9 Å². The molecule has 0 saturated carbocycles. The van der Waals surface area contributed by atoms with Gasteiger partial charge in [-0.15, -0.1) is 0 Å². The van der Waals surface area contributed by atoms with E-state index in [1.54, 1.807) is 0 Å². The minimum Gasteiger partial charge on any atom is -0.341 e. The highest BCUT2D eigenvalue weighted by molar-refractivity contribution is 9.10. The van der Waals surface area contributed by atoms with Gasteiger partial charge in [0.05, 0.1) is 5.69 Å². The van der Waals surface area contributed by atoms with Crippen LogP contribution in [0.2, 0.25) is 0 Å². The number of ketones is 1. The fourth-order valence-electron chi connectivity index (χ4n) is 2.64. The number of Topliss-reactive ketones (excluding diaryl/α,β-unsaturated/α-hetero) is 1. The average Bonchev–Trinajstić information content (AvgIpc) is 2.54. The van der Waals surface area contributed by atoms with Crippen LogP contribution in [0.25, 0.3) is 10.9 Å². The number of aromatic nitrogens is 1. The molecule has 1 aromatic carbocycles. The second-order valence-corrected chi connectivity index (χ2v) is 5.24. The summed E-state index contributed by atoms with van der Waals surface area (Å²) in [6, 6.07) is 6.24. The number of carbonyl (C=O) groups is 1. The molecule has 0 unspecified atom stereocenters. The van der Waals surface area contributed by atoms with Gasteiger partial charge in [0, 0.05) is 28.8 Å². The number of rotatable bonds is 0. The van der Waals surface area contributed by atoms with E-state index in [2.05, 4.69) is 28.1 Å². The first kappa shape index (κ1) is 10.1. The summed E-state index contributed by atoms with van der Waals surface area (Å²) in [5, 5.41) is 1.23. The molecule has 3 rings (SSSR count). The van der Waals surface area contributed by atoms with Gasteiger partial charge in [0.25, 0.3) is 0 Å². The number of aryl methyl sites for hydroxylation is 2. The second kappa shape index (κ2) is 3.45. The summed E-state index contributed by atoms with van der Waals surface area (Å²) in [5.41, 5.74) is 3.30. The fraction of sp³-hybridized carbons (Fsp3) is 0.308. The van der Waals surface area contributed by atoms with E-state index < -0.39 is 0 Å². The van der Waals surface area contributed by atoms with Gasteiger partial charge in [0.1, 0.15) is 0 Å². The molecule has 1 heterocycles. The minimum atomic E-state index is 0.288. The maximum atomic E-state index is 11.9. The Morgan fingerprint density at radius 1 is 1.31 bits per heavy atom. The normalized spacial score (nSPS) is 15.5. The molecular weight excluding hydrogens is 266 g/mol. The predicted molar refractivity (Wildman–Crippen MR) is 67.9 cm³/mol. The Bertz CT molecular complexity index is 597. The van der Waals surface area contributed by atoms with Crippen molar-refractivity contribution in [3.63, 3.8) is 0 Å². The van der Waals surface area contributed by atoms with Crippen LogP contribution < -0.4 is 0 Å². The van der Waals surface area contributed by atoms with Crippen LogP contribution in [0.15, 0.2) is 22.7 Å². The van der Waals surface area contributed by atoms with E-state index in [0.29, 0.717) is 6.42 Å². The molecule has 0 bridgehead atoms. The Morgan fingerprint density at radius 3 is 2.94 bits per heavy atom. The lowest BCUT2D eigenvalue weighted by atomic mass is 9.95. The zero-order chi connectivity index (χ0) is 11.3. The lowest BCUT2D eigenvalue weighted by Gasteiger charge is -2.11. The highest BCUT2D eigenvalue weighted by Crippen LogP contribution is 2.32. The van der Waals surface area contributed by atoms with Crippen molar-refractivity contribution in [1.29, 1.82) is 0 Å². The SMILES string of the molecule is Cn1c2c(c3ccc(Br)cc31)CCCC2=O. The van der Waals surface area contributed by atoms with E-state index in [-0.39, 0.29) is 5.78 Å². The van der Waals surface area contributed by atoms with Crippen molar-refractivity contribution >= 4 is 32.6 Å². The molecule has 16 heavy (non-hydrogen) atoms. The molecular formula is C13H12BrNO. The zero-order valence-corrected chi connectivity index (χ0v) is 10.7. The number of hydrogen-bond donors (Lipinski definition) is 0. The van der Waals surface area contributed by atoms with Gasteiger partial charge in [-0.2, -0.15) is 0 Å². The molecule has 0 fully saturated rings. The van der Waals surface area contributed by atoms with E-state index in [9.17, 15) is 4.79 Å². The Balaban J connectivity index is 2.43. The van der Waals surface area contributed by atoms with Crippen LogP contribution in [0.4, 0.5) is 0 Å². The summed E-state index contributed by atoms with van der Waals surface area (Å²) < 4.78 is 3.10. The van der Waals surface area contributed by atoms with Crippen LogP contribution in [0.1, 0.15) is 28.9 Å². The standard InChI is InChI=1S/C13H12BrNO/c1-15-11-7-8(14)5-6-9(11)10-3-2-4-12(16)13(10)15/h5-7H,2-4H2,1H3. The van der Waals surface area contributed by atoms with Crippen molar-refractivity contribution in [2.24, 2.45) is 7.05 Å². The van der Waals surface area contributed by atoms with Crippen molar-refractivity contribution in [3.8, 4) is 0 Å². The maximum Gasteiger partial charge on any atom is 0.179 e. The van der Waals surface area contributed by atoms with Crippen molar-refractivity contribution in [2.75, 3.05) is 0 Å². The molecule has 0 N–H and O–H groups in total. The maximum absolute atomic E-state index is 11.9. The molecule has 2 nitrogen and oxygen atoms in total. The molecule has 1 aliphatic carbocycles. The predicted octanol–water partition coefficient (Wildman–Crippen LogP) is 3.46. The molecule has 0 amide bonds. The van der Waals surface area contributed by atoms with Gasteiger partial charge in [-0.1, -0.05) is 22.0 Å². The summed E-state index contributed by atoms with van der Waals surface area (Å²) >= 11 is 3.48. The topological polar surface area (TPSA) is 22.0 Å². The summed E-state index contributed by atoms with van der Waals surface area (Å²) in [7, 11) is 1.98. The molecule has 1 aliphatic rings. The summed E-state index contributed by atoms with van der Waals surface area (Å²) in [6.45, 7) is 0. The Kier molecular flexibility index (Phi) is 2.18. The first-order chi connectivity index (χ1) is 7.68. The van der Waals surface area contributed by atoms with Crippen molar-refractivity contribution < 1.29 is 4.79 Å². The lowest BCUT2D eigenvalue weighted by molar-refractivity contribution is 0.0965.